The second-order valence-corrected chi connectivity index (χ2v) is 5.68. The minimum absolute atomic E-state index is 0.122. The molecule has 25 heavy (non-hydrogen) atoms. The van der Waals surface area contributed by atoms with Gasteiger partial charge in [-0.3, -0.25) is 4.79 Å². The van der Waals surface area contributed by atoms with Crippen LogP contribution in [0.3, 0.4) is 0 Å². The molecule has 0 fully saturated rings. The SMILES string of the molecule is COc1cc(NC(=O)c2ccco2)c(C(=O)OCC(C)C)cc1OC. The Bertz CT molecular complexity index is 736. The molecule has 0 aliphatic carbocycles. The van der Waals surface area contributed by atoms with Crippen molar-refractivity contribution in [3.8, 4) is 11.5 Å². The number of rotatable bonds is 7. The Balaban J connectivity index is 2.37. The molecule has 2 rings (SSSR count). The van der Waals surface area contributed by atoms with E-state index in [-0.39, 0.29) is 29.5 Å². The quantitative estimate of drug-likeness (QED) is 0.773. The molecular weight excluding hydrogens is 326 g/mol. The first-order valence-corrected chi connectivity index (χ1v) is 7.74. The Morgan fingerprint density at radius 1 is 1.16 bits per heavy atom. The van der Waals surface area contributed by atoms with Gasteiger partial charge in [0.15, 0.2) is 17.3 Å². The number of carbonyl (C=O) groups is 2. The molecule has 0 unspecified atom stereocenters. The average Bonchev–Trinajstić information content (AvgIpc) is 3.13. The molecule has 0 atom stereocenters. The summed E-state index contributed by atoms with van der Waals surface area (Å²) in [5.74, 6) is -0.0197. The molecule has 0 saturated heterocycles. The molecule has 1 amide bonds. The lowest BCUT2D eigenvalue weighted by Gasteiger charge is -2.15. The van der Waals surface area contributed by atoms with E-state index in [1.807, 2.05) is 13.8 Å². The number of hydrogen-bond donors (Lipinski definition) is 1. The smallest absolute Gasteiger partial charge is 0.340 e. The highest BCUT2D eigenvalue weighted by atomic mass is 16.5. The molecule has 0 bridgehead atoms. The maximum atomic E-state index is 12.4. The second-order valence-electron chi connectivity index (χ2n) is 5.68. The van der Waals surface area contributed by atoms with Crippen LogP contribution < -0.4 is 14.8 Å². The standard InChI is InChI=1S/C18H21NO6/c1-11(2)10-25-18(21)12-8-15(22-3)16(23-4)9-13(12)19-17(20)14-6-5-7-24-14/h5-9,11H,10H2,1-4H3,(H,19,20). The van der Waals surface area contributed by atoms with Gasteiger partial charge in [-0.1, -0.05) is 13.8 Å². The number of benzene rings is 1. The fourth-order valence-electron chi connectivity index (χ4n) is 2.06. The summed E-state index contributed by atoms with van der Waals surface area (Å²) in [6, 6.07) is 6.10. The first-order valence-electron chi connectivity index (χ1n) is 7.74. The molecule has 1 N–H and O–H groups in total. The summed E-state index contributed by atoms with van der Waals surface area (Å²) in [6.45, 7) is 4.13. The summed E-state index contributed by atoms with van der Waals surface area (Å²) in [5.41, 5.74) is 0.408. The van der Waals surface area contributed by atoms with Crippen LogP contribution in [0, 0.1) is 5.92 Å². The average molecular weight is 347 g/mol. The Morgan fingerprint density at radius 3 is 2.40 bits per heavy atom. The van der Waals surface area contributed by atoms with Crippen LogP contribution in [-0.4, -0.2) is 32.7 Å². The lowest BCUT2D eigenvalue weighted by Crippen LogP contribution is -2.17. The van der Waals surface area contributed by atoms with E-state index in [1.165, 1.54) is 38.7 Å². The van der Waals surface area contributed by atoms with Gasteiger partial charge in [0.25, 0.3) is 5.91 Å². The van der Waals surface area contributed by atoms with E-state index in [0.29, 0.717) is 11.5 Å². The molecule has 7 heteroatoms. The summed E-state index contributed by atoms with van der Waals surface area (Å²) in [6.07, 6.45) is 1.39. The van der Waals surface area contributed by atoms with Gasteiger partial charge in [-0.25, -0.2) is 4.79 Å². The molecule has 0 spiro atoms. The van der Waals surface area contributed by atoms with E-state index in [0.717, 1.165) is 0 Å². The summed E-state index contributed by atoms with van der Waals surface area (Å²) in [7, 11) is 2.93. The number of hydrogen-bond acceptors (Lipinski definition) is 6. The number of amides is 1. The van der Waals surface area contributed by atoms with Crippen molar-refractivity contribution in [2.75, 3.05) is 26.1 Å². The largest absolute Gasteiger partial charge is 0.493 e. The highest BCUT2D eigenvalue weighted by molar-refractivity contribution is 6.07. The van der Waals surface area contributed by atoms with Crippen molar-refractivity contribution in [1.82, 2.24) is 0 Å². The van der Waals surface area contributed by atoms with E-state index >= 15 is 0 Å². The van der Waals surface area contributed by atoms with Crippen molar-refractivity contribution < 1.29 is 28.2 Å². The minimum Gasteiger partial charge on any atom is -0.493 e. The highest BCUT2D eigenvalue weighted by Crippen LogP contribution is 2.34. The van der Waals surface area contributed by atoms with Gasteiger partial charge < -0.3 is 23.9 Å². The predicted molar refractivity (Wildman–Crippen MR) is 91.3 cm³/mol. The van der Waals surface area contributed by atoms with Crippen LogP contribution in [0.1, 0.15) is 34.8 Å². The molecule has 1 heterocycles. The van der Waals surface area contributed by atoms with Gasteiger partial charge in [-0.05, 0) is 18.1 Å². The molecule has 0 aliphatic rings. The summed E-state index contributed by atoms with van der Waals surface area (Å²) in [4.78, 5) is 24.7. The zero-order valence-corrected chi connectivity index (χ0v) is 14.6. The van der Waals surface area contributed by atoms with Gasteiger partial charge in [0.05, 0.1) is 38.3 Å². The van der Waals surface area contributed by atoms with Gasteiger partial charge in [-0.2, -0.15) is 0 Å². The maximum absolute atomic E-state index is 12.4. The van der Waals surface area contributed by atoms with Crippen molar-refractivity contribution in [3.05, 3.63) is 41.9 Å². The number of nitrogens with one attached hydrogen (secondary N) is 1. The van der Waals surface area contributed by atoms with Crippen molar-refractivity contribution in [3.63, 3.8) is 0 Å². The molecule has 7 nitrogen and oxygen atoms in total. The fraction of sp³-hybridized carbons (Fsp3) is 0.333. The van der Waals surface area contributed by atoms with Gasteiger partial charge in [0.2, 0.25) is 0 Å². The Morgan fingerprint density at radius 2 is 1.84 bits per heavy atom. The third-order valence-electron chi connectivity index (χ3n) is 3.28. The highest BCUT2D eigenvalue weighted by Gasteiger charge is 2.21. The van der Waals surface area contributed by atoms with E-state index in [2.05, 4.69) is 5.32 Å². The van der Waals surface area contributed by atoms with Crippen LogP contribution in [0.25, 0.3) is 0 Å². The van der Waals surface area contributed by atoms with E-state index < -0.39 is 11.9 Å². The fourth-order valence-corrected chi connectivity index (χ4v) is 2.06. The number of carbonyl (C=O) groups excluding carboxylic acids is 2. The third-order valence-corrected chi connectivity index (χ3v) is 3.28. The Kier molecular flexibility index (Phi) is 6.05. The van der Waals surface area contributed by atoms with Crippen molar-refractivity contribution in [1.29, 1.82) is 0 Å². The van der Waals surface area contributed by atoms with Crippen molar-refractivity contribution >= 4 is 17.6 Å². The van der Waals surface area contributed by atoms with Gasteiger partial charge >= 0.3 is 5.97 Å². The summed E-state index contributed by atoms with van der Waals surface area (Å²) < 4.78 is 20.8. The topological polar surface area (TPSA) is 87.0 Å². The lowest BCUT2D eigenvalue weighted by atomic mass is 10.1. The molecule has 134 valence electrons. The van der Waals surface area contributed by atoms with Crippen LogP contribution in [0.4, 0.5) is 5.69 Å². The number of methoxy groups -OCH3 is 2. The number of anilines is 1. The van der Waals surface area contributed by atoms with E-state index in [1.54, 1.807) is 6.07 Å². The van der Waals surface area contributed by atoms with Crippen LogP contribution in [0.15, 0.2) is 34.9 Å². The normalized spacial score (nSPS) is 10.4. The zero-order chi connectivity index (χ0) is 18.4. The first kappa shape index (κ1) is 18.4. The van der Waals surface area contributed by atoms with E-state index in [9.17, 15) is 9.59 Å². The molecule has 1 aromatic heterocycles. The summed E-state index contributed by atoms with van der Waals surface area (Å²) >= 11 is 0. The van der Waals surface area contributed by atoms with Crippen LogP contribution in [0.2, 0.25) is 0 Å². The lowest BCUT2D eigenvalue weighted by molar-refractivity contribution is 0.0459. The van der Waals surface area contributed by atoms with Crippen molar-refractivity contribution in [2.24, 2.45) is 5.92 Å². The Labute approximate surface area is 145 Å². The van der Waals surface area contributed by atoms with Crippen LogP contribution in [-0.2, 0) is 4.74 Å². The van der Waals surface area contributed by atoms with Crippen LogP contribution in [0.5, 0.6) is 11.5 Å². The minimum atomic E-state index is -0.565. The molecule has 0 radical (unpaired) electrons. The molecule has 0 saturated carbocycles. The number of ether oxygens (including phenoxy) is 3. The Hall–Kier alpha value is -2.96. The monoisotopic (exact) mass is 347 g/mol. The molecule has 0 aliphatic heterocycles. The number of furan rings is 1. The number of esters is 1. The van der Waals surface area contributed by atoms with Gasteiger partial charge in [0, 0.05) is 12.1 Å². The van der Waals surface area contributed by atoms with Crippen LogP contribution >= 0.6 is 0 Å². The van der Waals surface area contributed by atoms with E-state index in [4.69, 9.17) is 18.6 Å². The first-order chi connectivity index (χ1) is 12.0. The molecular formula is C18H21NO6. The maximum Gasteiger partial charge on any atom is 0.340 e. The van der Waals surface area contributed by atoms with Gasteiger partial charge in [0.1, 0.15) is 0 Å². The summed E-state index contributed by atoms with van der Waals surface area (Å²) in [5, 5.41) is 2.64. The third kappa shape index (κ3) is 4.53. The zero-order valence-electron chi connectivity index (χ0n) is 14.6. The molecule has 1 aromatic carbocycles. The second kappa shape index (κ2) is 8.23. The predicted octanol–water partition coefficient (Wildman–Crippen LogP) is 3.36. The van der Waals surface area contributed by atoms with Crippen molar-refractivity contribution in [2.45, 2.75) is 13.8 Å². The molecule has 2 aromatic rings. The van der Waals surface area contributed by atoms with Gasteiger partial charge in [-0.15, -0.1) is 0 Å².